The van der Waals surface area contributed by atoms with Crippen molar-refractivity contribution in [1.82, 2.24) is 4.40 Å². The van der Waals surface area contributed by atoms with Gasteiger partial charge in [0.25, 0.3) is 0 Å². The molecule has 27 heavy (non-hydrogen) atoms. The van der Waals surface area contributed by atoms with Crippen LogP contribution in [0.3, 0.4) is 0 Å². The van der Waals surface area contributed by atoms with Gasteiger partial charge in [-0.15, -0.1) is 0 Å². The maximum absolute atomic E-state index is 13.4. The van der Waals surface area contributed by atoms with E-state index in [1.54, 1.807) is 12.1 Å². The fourth-order valence-electron chi connectivity index (χ4n) is 3.21. The number of aromatic nitrogens is 1. The lowest BCUT2D eigenvalue weighted by Gasteiger charge is -2.08. The zero-order chi connectivity index (χ0) is 18.8. The standard InChI is InChI=1S/C23H18ClNO2/c1-2-27-20-12-8-17(9-13-20)23(26)22-21(16-6-10-18(24)11-7-16)15-19-5-3-4-14-25(19)22/h3-15H,2H2,1H3. The van der Waals surface area contributed by atoms with E-state index in [1.807, 2.05) is 78.2 Å². The molecule has 0 N–H and O–H groups in total. The van der Waals surface area contributed by atoms with Gasteiger partial charge in [0.1, 0.15) is 11.4 Å². The summed E-state index contributed by atoms with van der Waals surface area (Å²) in [6.45, 7) is 2.53. The summed E-state index contributed by atoms with van der Waals surface area (Å²) in [4.78, 5) is 13.4. The predicted molar refractivity (Wildman–Crippen MR) is 109 cm³/mol. The minimum Gasteiger partial charge on any atom is -0.494 e. The summed E-state index contributed by atoms with van der Waals surface area (Å²) in [7, 11) is 0. The first-order chi connectivity index (χ1) is 13.2. The molecule has 0 bridgehead atoms. The number of nitrogens with zero attached hydrogens (tertiary/aromatic N) is 1. The highest BCUT2D eigenvalue weighted by Gasteiger charge is 2.20. The van der Waals surface area contributed by atoms with Crippen LogP contribution in [0.1, 0.15) is 23.0 Å². The Morgan fingerprint density at radius 1 is 1.00 bits per heavy atom. The van der Waals surface area contributed by atoms with E-state index in [9.17, 15) is 4.79 Å². The van der Waals surface area contributed by atoms with Crippen molar-refractivity contribution in [3.63, 3.8) is 0 Å². The third-order valence-electron chi connectivity index (χ3n) is 4.48. The lowest BCUT2D eigenvalue weighted by molar-refractivity contribution is 0.103. The molecule has 4 aromatic rings. The number of rotatable bonds is 5. The summed E-state index contributed by atoms with van der Waals surface area (Å²) in [5.41, 5.74) is 4.07. The van der Waals surface area contributed by atoms with Gasteiger partial charge >= 0.3 is 0 Å². The number of carbonyl (C=O) groups excluding carboxylic acids is 1. The summed E-state index contributed by atoms with van der Waals surface area (Å²) in [6.07, 6.45) is 1.91. The molecule has 0 saturated carbocycles. The van der Waals surface area contributed by atoms with E-state index in [-0.39, 0.29) is 5.78 Å². The van der Waals surface area contributed by atoms with Gasteiger partial charge in [-0.25, -0.2) is 0 Å². The van der Waals surface area contributed by atoms with Gasteiger partial charge in [-0.3, -0.25) is 4.79 Å². The molecule has 4 rings (SSSR count). The van der Waals surface area contributed by atoms with Crippen LogP contribution in [0.15, 0.2) is 79.0 Å². The highest BCUT2D eigenvalue weighted by molar-refractivity contribution is 6.30. The number of hydrogen-bond donors (Lipinski definition) is 0. The minimum absolute atomic E-state index is 0.0331. The van der Waals surface area contributed by atoms with Gasteiger partial charge in [-0.2, -0.15) is 0 Å². The highest BCUT2D eigenvalue weighted by atomic mass is 35.5. The molecule has 0 unspecified atom stereocenters. The SMILES string of the molecule is CCOc1ccc(C(=O)c2c(-c3ccc(Cl)cc3)cc3ccccn23)cc1. The minimum atomic E-state index is -0.0331. The summed E-state index contributed by atoms with van der Waals surface area (Å²) < 4.78 is 7.41. The topological polar surface area (TPSA) is 30.7 Å². The Hall–Kier alpha value is -3.04. The van der Waals surface area contributed by atoms with Crippen LogP contribution in [-0.2, 0) is 0 Å². The molecule has 0 amide bonds. The average Bonchev–Trinajstić information content (AvgIpc) is 3.08. The third kappa shape index (κ3) is 3.34. The Balaban J connectivity index is 1.85. The Bertz CT molecular complexity index is 1100. The Morgan fingerprint density at radius 3 is 2.44 bits per heavy atom. The first-order valence-corrected chi connectivity index (χ1v) is 9.19. The second kappa shape index (κ2) is 7.29. The van der Waals surface area contributed by atoms with Crippen molar-refractivity contribution >= 4 is 22.9 Å². The molecule has 2 heterocycles. The maximum atomic E-state index is 13.4. The molecule has 0 atom stereocenters. The first-order valence-electron chi connectivity index (χ1n) is 8.81. The lowest BCUT2D eigenvalue weighted by Crippen LogP contribution is -2.07. The van der Waals surface area contributed by atoms with Crippen molar-refractivity contribution in [3.8, 4) is 16.9 Å². The zero-order valence-electron chi connectivity index (χ0n) is 14.9. The molecule has 0 spiro atoms. The van der Waals surface area contributed by atoms with Crippen LogP contribution in [0, 0.1) is 0 Å². The summed E-state index contributed by atoms with van der Waals surface area (Å²) in [6, 6.07) is 22.7. The predicted octanol–water partition coefficient (Wildman–Crippen LogP) is 5.89. The molecule has 2 aromatic heterocycles. The number of fused-ring (bicyclic) bond motifs is 1. The van der Waals surface area contributed by atoms with Crippen LogP contribution in [0.25, 0.3) is 16.6 Å². The van der Waals surface area contributed by atoms with Gasteiger partial charge in [-0.1, -0.05) is 29.8 Å². The van der Waals surface area contributed by atoms with Gasteiger partial charge < -0.3 is 9.14 Å². The molecule has 134 valence electrons. The molecule has 0 fully saturated rings. The van der Waals surface area contributed by atoms with Crippen molar-refractivity contribution in [2.24, 2.45) is 0 Å². The van der Waals surface area contributed by atoms with E-state index >= 15 is 0 Å². The van der Waals surface area contributed by atoms with E-state index in [0.717, 1.165) is 22.4 Å². The van der Waals surface area contributed by atoms with Crippen molar-refractivity contribution in [2.45, 2.75) is 6.92 Å². The van der Waals surface area contributed by atoms with E-state index in [2.05, 4.69) is 0 Å². The molecule has 0 saturated heterocycles. The Labute approximate surface area is 162 Å². The van der Waals surface area contributed by atoms with Crippen molar-refractivity contribution in [2.75, 3.05) is 6.61 Å². The normalized spacial score (nSPS) is 10.9. The molecule has 2 aromatic carbocycles. The molecular formula is C23H18ClNO2. The monoisotopic (exact) mass is 375 g/mol. The Morgan fingerprint density at radius 2 is 1.74 bits per heavy atom. The van der Waals surface area contributed by atoms with E-state index in [4.69, 9.17) is 16.3 Å². The molecule has 4 heteroatoms. The summed E-state index contributed by atoms with van der Waals surface area (Å²) in [5, 5.41) is 0.668. The van der Waals surface area contributed by atoms with Crippen LogP contribution < -0.4 is 4.74 Å². The largest absolute Gasteiger partial charge is 0.494 e. The number of pyridine rings is 1. The third-order valence-corrected chi connectivity index (χ3v) is 4.73. The molecule has 0 radical (unpaired) electrons. The molecule has 0 aliphatic carbocycles. The van der Waals surface area contributed by atoms with Gasteiger partial charge in [0.15, 0.2) is 0 Å². The lowest BCUT2D eigenvalue weighted by atomic mass is 10.0. The Kier molecular flexibility index (Phi) is 4.69. The highest BCUT2D eigenvalue weighted by Crippen LogP contribution is 2.30. The maximum Gasteiger partial charge on any atom is 0.210 e. The molecule has 0 aliphatic heterocycles. The summed E-state index contributed by atoms with van der Waals surface area (Å²) in [5.74, 6) is 0.723. The van der Waals surface area contributed by atoms with Crippen LogP contribution in [0.4, 0.5) is 0 Å². The van der Waals surface area contributed by atoms with Crippen molar-refractivity contribution < 1.29 is 9.53 Å². The fourth-order valence-corrected chi connectivity index (χ4v) is 3.34. The zero-order valence-corrected chi connectivity index (χ0v) is 15.6. The first kappa shape index (κ1) is 17.4. The van der Waals surface area contributed by atoms with Gasteiger partial charge in [0.05, 0.1) is 6.61 Å². The number of ether oxygens (including phenoxy) is 1. The van der Waals surface area contributed by atoms with E-state index in [0.29, 0.717) is 22.9 Å². The number of halogens is 1. The fraction of sp³-hybridized carbons (Fsp3) is 0.0870. The summed E-state index contributed by atoms with van der Waals surface area (Å²) >= 11 is 6.03. The second-order valence-electron chi connectivity index (χ2n) is 6.20. The van der Waals surface area contributed by atoms with Crippen LogP contribution in [0.2, 0.25) is 5.02 Å². The van der Waals surface area contributed by atoms with Crippen LogP contribution in [0.5, 0.6) is 5.75 Å². The average molecular weight is 376 g/mol. The van der Waals surface area contributed by atoms with Gasteiger partial charge in [0.2, 0.25) is 5.78 Å². The van der Waals surface area contributed by atoms with Gasteiger partial charge in [-0.05, 0) is 67.1 Å². The molecule has 3 nitrogen and oxygen atoms in total. The van der Waals surface area contributed by atoms with Gasteiger partial charge in [0, 0.05) is 27.9 Å². The van der Waals surface area contributed by atoms with E-state index < -0.39 is 0 Å². The number of benzene rings is 2. The van der Waals surface area contributed by atoms with Crippen molar-refractivity contribution in [3.05, 3.63) is 95.3 Å². The second-order valence-corrected chi connectivity index (χ2v) is 6.63. The van der Waals surface area contributed by atoms with E-state index in [1.165, 1.54) is 0 Å². The smallest absolute Gasteiger partial charge is 0.210 e. The van der Waals surface area contributed by atoms with Crippen molar-refractivity contribution in [1.29, 1.82) is 0 Å². The molecule has 0 aliphatic rings. The van der Waals surface area contributed by atoms with Crippen LogP contribution >= 0.6 is 11.6 Å². The number of carbonyl (C=O) groups is 1. The molecular weight excluding hydrogens is 358 g/mol. The number of hydrogen-bond acceptors (Lipinski definition) is 2. The number of ketones is 1. The quantitative estimate of drug-likeness (QED) is 0.407. The van der Waals surface area contributed by atoms with Crippen LogP contribution in [-0.4, -0.2) is 16.8 Å².